The van der Waals surface area contributed by atoms with E-state index < -0.39 is 23.5 Å². The average molecular weight is 416 g/mol. The van der Waals surface area contributed by atoms with Crippen LogP contribution in [0.5, 0.6) is 0 Å². The van der Waals surface area contributed by atoms with E-state index in [0.29, 0.717) is 13.0 Å². The zero-order chi connectivity index (χ0) is 21.0. The summed E-state index contributed by atoms with van der Waals surface area (Å²) >= 11 is 0. The molecule has 1 aliphatic heterocycles. The van der Waals surface area contributed by atoms with Gasteiger partial charge >= 0.3 is 0 Å². The van der Waals surface area contributed by atoms with E-state index in [9.17, 15) is 8.78 Å². The minimum absolute atomic E-state index is 0.0442. The van der Waals surface area contributed by atoms with Crippen LogP contribution in [0.2, 0.25) is 0 Å². The predicted molar refractivity (Wildman–Crippen MR) is 104 cm³/mol. The Morgan fingerprint density at radius 1 is 1.07 bits per heavy atom. The van der Waals surface area contributed by atoms with Crippen molar-refractivity contribution in [3.8, 4) is 0 Å². The van der Waals surface area contributed by atoms with Gasteiger partial charge < -0.3 is 9.47 Å². The molecule has 1 aromatic rings. The quantitative estimate of drug-likeness (QED) is 0.465. The zero-order valence-corrected chi connectivity index (χ0v) is 17.4. The Kier molecular flexibility index (Phi) is 7.60. The molecule has 2 aliphatic rings. The van der Waals surface area contributed by atoms with Crippen LogP contribution in [0.4, 0.5) is 17.6 Å². The molecule has 29 heavy (non-hydrogen) atoms. The van der Waals surface area contributed by atoms with Crippen molar-refractivity contribution >= 4 is 0 Å². The van der Waals surface area contributed by atoms with Crippen molar-refractivity contribution in [2.75, 3.05) is 13.7 Å². The van der Waals surface area contributed by atoms with Crippen molar-refractivity contribution < 1.29 is 27.0 Å². The molecule has 2 fully saturated rings. The predicted octanol–water partition coefficient (Wildman–Crippen LogP) is 6.62. The van der Waals surface area contributed by atoms with Crippen molar-refractivity contribution in [2.24, 2.45) is 11.8 Å². The second-order valence-corrected chi connectivity index (χ2v) is 8.67. The molecule has 0 N–H and O–H groups in total. The van der Waals surface area contributed by atoms with Crippen molar-refractivity contribution in [2.45, 2.75) is 82.8 Å². The monoisotopic (exact) mass is 416 g/mol. The summed E-state index contributed by atoms with van der Waals surface area (Å²) in [6.07, 6.45) is 5.86. The summed E-state index contributed by atoms with van der Waals surface area (Å²) in [5.41, 5.74) is -0.173. The van der Waals surface area contributed by atoms with Gasteiger partial charge in [-0.2, -0.15) is 0 Å². The van der Waals surface area contributed by atoms with E-state index in [1.165, 1.54) is 19.2 Å². The number of unbranched alkanes of at least 4 members (excludes halogenated alkanes) is 1. The number of benzene rings is 1. The van der Waals surface area contributed by atoms with E-state index in [1.807, 2.05) is 0 Å². The summed E-state index contributed by atoms with van der Waals surface area (Å²) in [5, 5.41) is 0. The highest BCUT2D eigenvalue weighted by Crippen LogP contribution is 2.50. The molecular weight excluding hydrogens is 384 g/mol. The highest BCUT2D eigenvalue weighted by atomic mass is 19.3. The van der Waals surface area contributed by atoms with Crippen molar-refractivity contribution in [1.82, 2.24) is 0 Å². The lowest BCUT2D eigenvalue weighted by atomic mass is 9.70. The molecule has 1 heterocycles. The first-order valence-electron chi connectivity index (χ1n) is 10.8. The molecule has 0 radical (unpaired) electrons. The second kappa shape index (κ2) is 9.78. The molecule has 3 rings (SSSR count). The second-order valence-electron chi connectivity index (χ2n) is 8.67. The van der Waals surface area contributed by atoms with Crippen LogP contribution in [0.25, 0.3) is 0 Å². The fourth-order valence-corrected chi connectivity index (χ4v) is 4.97. The Labute approximate surface area is 171 Å². The number of alkyl halides is 2. The molecule has 1 aliphatic carbocycles. The number of rotatable bonds is 7. The molecule has 0 amide bonds. The molecular formula is C23H32F4O2. The number of halogens is 4. The van der Waals surface area contributed by atoms with Crippen molar-refractivity contribution in [3.05, 3.63) is 34.9 Å². The van der Waals surface area contributed by atoms with E-state index in [-0.39, 0.29) is 48.5 Å². The Hall–Kier alpha value is -1.14. The van der Waals surface area contributed by atoms with Gasteiger partial charge in [0.2, 0.25) is 0 Å². The zero-order valence-electron chi connectivity index (χ0n) is 17.4. The van der Waals surface area contributed by atoms with E-state index in [2.05, 4.69) is 6.92 Å². The fraction of sp³-hybridized carbons (Fsp3) is 0.739. The molecule has 1 saturated carbocycles. The lowest BCUT2D eigenvalue weighted by molar-refractivity contribution is -0.103. The van der Waals surface area contributed by atoms with Crippen molar-refractivity contribution in [3.63, 3.8) is 0 Å². The molecule has 0 aromatic heterocycles. The third-order valence-electron chi connectivity index (χ3n) is 6.69. The lowest BCUT2D eigenvalue weighted by Gasteiger charge is -2.41. The van der Waals surface area contributed by atoms with Crippen LogP contribution < -0.4 is 0 Å². The Morgan fingerprint density at radius 2 is 1.83 bits per heavy atom. The van der Waals surface area contributed by atoms with Gasteiger partial charge in [0, 0.05) is 19.1 Å². The molecule has 1 aromatic carbocycles. The summed E-state index contributed by atoms with van der Waals surface area (Å²) in [5.74, 6) is -6.59. The Morgan fingerprint density at radius 3 is 2.45 bits per heavy atom. The average Bonchev–Trinajstić information content (AvgIpc) is 2.70. The van der Waals surface area contributed by atoms with Crippen LogP contribution in [0, 0.1) is 23.5 Å². The van der Waals surface area contributed by atoms with Crippen LogP contribution in [0.3, 0.4) is 0 Å². The molecule has 6 heteroatoms. The van der Waals surface area contributed by atoms with Crippen LogP contribution in [-0.2, 0) is 16.1 Å². The summed E-state index contributed by atoms with van der Waals surface area (Å²) in [7, 11) is 1.38. The lowest BCUT2D eigenvalue weighted by Crippen LogP contribution is -2.40. The maximum absolute atomic E-state index is 15.0. The summed E-state index contributed by atoms with van der Waals surface area (Å²) in [6, 6.07) is 2.65. The van der Waals surface area contributed by atoms with Gasteiger partial charge in [0.1, 0.15) is 0 Å². The first kappa shape index (κ1) is 22.5. The van der Waals surface area contributed by atoms with Gasteiger partial charge in [0.05, 0.1) is 25.2 Å². The molecule has 1 saturated heterocycles. The van der Waals surface area contributed by atoms with Gasteiger partial charge in [-0.05, 0) is 49.5 Å². The molecule has 164 valence electrons. The van der Waals surface area contributed by atoms with Gasteiger partial charge in [-0.1, -0.05) is 31.9 Å². The molecule has 0 spiro atoms. The largest absolute Gasteiger partial charge is 0.380 e. The van der Waals surface area contributed by atoms with E-state index in [0.717, 1.165) is 32.1 Å². The van der Waals surface area contributed by atoms with Gasteiger partial charge in [-0.25, -0.2) is 17.6 Å². The highest BCUT2D eigenvalue weighted by molar-refractivity contribution is 5.30. The van der Waals surface area contributed by atoms with Crippen LogP contribution in [0.15, 0.2) is 12.1 Å². The Balaban J connectivity index is 1.65. The first-order chi connectivity index (χ1) is 13.9. The highest BCUT2D eigenvalue weighted by Gasteiger charge is 2.49. The van der Waals surface area contributed by atoms with Gasteiger partial charge in [-0.15, -0.1) is 0 Å². The first-order valence-corrected chi connectivity index (χ1v) is 10.8. The molecule has 2 nitrogen and oxygen atoms in total. The number of hydrogen-bond acceptors (Lipinski definition) is 2. The van der Waals surface area contributed by atoms with Crippen molar-refractivity contribution in [1.29, 1.82) is 0 Å². The number of ether oxygens (including phenoxy) is 2. The summed E-state index contributed by atoms with van der Waals surface area (Å²) in [4.78, 5) is 0. The maximum Gasteiger partial charge on any atom is 0.255 e. The molecule has 4 unspecified atom stereocenters. The molecule has 0 bridgehead atoms. The third kappa shape index (κ3) is 5.13. The minimum Gasteiger partial charge on any atom is -0.380 e. The standard InChI is InChI=1S/C23H32F4O2/c1-3-4-5-18-9-6-16(14-29-18)15-8-11-20(23(26,27)12-15)19-10-7-17(13-28-2)21(24)22(19)25/h7,10,15-16,18,20H,3-6,8-9,11-14H2,1-2H3. The van der Waals surface area contributed by atoms with Gasteiger partial charge in [0.25, 0.3) is 5.92 Å². The van der Waals surface area contributed by atoms with Crippen LogP contribution in [0.1, 0.15) is 75.3 Å². The van der Waals surface area contributed by atoms with E-state index >= 15 is 8.78 Å². The van der Waals surface area contributed by atoms with Gasteiger partial charge in [-0.3, -0.25) is 0 Å². The molecule has 4 atom stereocenters. The number of hydrogen-bond donors (Lipinski definition) is 0. The maximum atomic E-state index is 15.0. The SMILES string of the molecule is CCCCC1CCC(C2CCC(c3ccc(COC)c(F)c3F)C(F)(F)C2)CO1. The van der Waals surface area contributed by atoms with Gasteiger partial charge in [0.15, 0.2) is 11.6 Å². The Bertz CT molecular complexity index is 671. The number of methoxy groups -OCH3 is 1. The van der Waals surface area contributed by atoms with Crippen LogP contribution >= 0.6 is 0 Å². The summed E-state index contributed by atoms with van der Waals surface area (Å²) < 4.78 is 69.5. The third-order valence-corrected chi connectivity index (χ3v) is 6.69. The minimum atomic E-state index is -3.06. The smallest absolute Gasteiger partial charge is 0.255 e. The topological polar surface area (TPSA) is 18.5 Å². The fourth-order valence-electron chi connectivity index (χ4n) is 4.97. The van der Waals surface area contributed by atoms with E-state index in [1.54, 1.807) is 0 Å². The van der Waals surface area contributed by atoms with Crippen LogP contribution in [-0.4, -0.2) is 25.7 Å². The van der Waals surface area contributed by atoms with E-state index in [4.69, 9.17) is 9.47 Å². The normalized spacial score (nSPS) is 29.7. The summed E-state index contributed by atoms with van der Waals surface area (Å²) in [6.45, 7) is 2.59.